The first-order chi connectivity index (χ1) is 12.5. The Labute approximate surface area is 147 Å². The van der Waals surface area contributed by atoms with Gasteiger partial charge in [0.1, 0.15) is 17.1 Å². The standard InChI is InChI=1S/C18H14FN3O4/c19-11-6-7-13-12(8-11)14(15(26-13)16(20)23)22-18(25)17(24)21-9-10-4-2-1-3-5-10/h1-8H,9H2,(H2,20,23)(H,21,24)(H,22,25). The van der Waals surface area contributed by atoms with Gasteiger partial charge in [-0.05, 0) is 23.8 Å². The number of carbonyl (C=O) groups excluding carboxylic acids is 3. The Hall–Kier alpha value is -3.68. The van der Waals surface area contributed by atoms with Crippen molar-refractivity contribution in [3.8, 4) is 0 Å². The number of hydrogen-bond acceptors (Lipinski definition) is 4. The molecule has 0 aliphatic heterocycles. The molecule has 2 aromatic carbocycles. The third-order valence-corrected chi connectivity index (χ3v) is 3.61. The van der Waals surface area contributed by atoms with Crippen LogP contribution in [0.4, 0.5) is 10.1 Å². The molecular weight excluding hydrogens is 341 g/mol. The van der Waals surface area contributed by atoms with Crippen LogP contribution in [-0.4, -0.2) is 17.7 Å². The van der Waals surface area contributed by atoms with Gasteiger partial charge in [0.15, 0.2) is 0 Å². The second-order valence-corrected chi connectivity index (χ2v) is 5.43. The normalized spacial score (nSPS) is 10.5. The largest absolute Gasteiger partial charge is 0.449 e. The van der Waals surface area contributed by atoms with Crippen LogP contribution in [-0.2, 0) is 16.1 Å². The van der Waals surface area contributed by atoms with Gasteiger partial charge in [-0.2, -0.15) is 0 Å². The Morgan fingerprint density at radius 1 is 1.04 bits per heavy atom. The molecule has 7 nitrogen and oxygen atoms in total. The zero-order valence-electron chi connectivity index (χ0n) is 13.4. The quantitative estimate of drug-likeness (QED) is 0.620. The van der Waals surface area contributed by atoms with Gasteiger partial charge in [0.05, 0.1) is 0 Å². The van der Waals surface area contributed by atoms with E-state index in [0.717, 1.165) is 17.7 Å². The average Bonchev–Trinajstić information content (AvgIpc) is 2.98. The molecule has 3 rings (SSSR count). The number of anilines is 1. The minimum Gasteiger partial charge on any atom is -0.449 e. The van der Waals surface area contributed by atoms with E-state index in [0.29, 0.717) is 0 Å². The first-order valence-corrected chi connectivity index (χ1v) is 7.60. The summed E-state index contributed by atoms with van der Waals surface area (Å²) in [6, 6.07) is 12.5. The smallest absolute Gasteiger partial charge is 0.313 e. The van der Waals surface area contributed by atoms with Crippen molar-refractivity contribution in [3.63, 3.8) is 0 Å². The molecule has 132 valence electrons. The van der Waals surface area contributed by atoms with Crippen LogP contribution >= 0.6 is 0 Å². The minimum atomic E-state index is -1.03. The Morgan fingerprint density at radius 3 is 2.46 bits per heavy atom. The van der Waals surface area contributed by atoms with Crippen LogP contribution in [0.1, 0.15) is 16.1 Å². The van der Waals surface area contributed by atoms with Crippen LogP contribution < -0.4 is 16.4 Å². The molecule has 0 aliphatic rings. The number of benzene rings is 2. The highest BCUT2D eigenvalue weighted by atomic mass is 19.1. The molecule has 0 atom stereocenters. The van der Waals surface area contributed by atoms with Crippen molar-refractivity contribution in [3.05, 3.63) is 65.7 Å². The Kier molecular flexibility index (Phi) is 4.66. The van der Waals surface area contributed by atoms with E-state index in [9.17, 15) is 18.8 Å². The second-order valence-electron chi connectivity index (χ2n) is 5.43. The molecule has 0 radical (unpaired) electrons. The number of furan rings is 1. The number of nitrogens with one attached hydrogen (secondary N) is 2. The number of fused-ring (bicyclic) bond motifs is 1. The fourth-order valence-electron chi connectivity index (χ4n) is 2.40. The molecule has 0 saturated heterocycles. The molecule has 26 heavy (non-hydrogen) atoms. The molecule has 0 saturated carbocycles. The predicted molar refractivity (Wildman–Crippen MR) is 91.6 cm³/mol. The minimum absolute atomic E-state index is 0.128. The summed E-state index contributed by atoms with van der Waals surface area (Å²) in [4.78, 5) is 35.6. The van der Waals surface area contributed by atoms with E-state index in [4.69, 9.17) is 10.2 Å². The third kappa shape index (κ3) is 3.54. The number of carbonyl (C=O) groups is 3. The highest BCUT2D eigenvalue weighted by molar-refractivity contribution is 6.40. The lowest BCUT2D eigenvalue weighted by Gasteiger charge is -2.06. The van der Waals surface area contributed by atoms with Crippen molar-refractivity contribution in [2.75, 3.05) is 5.32 Å². The van der Waals surface area contributed by atoms with Crippen LogP contribution in [0.15, 0.2) is 52.9 Å². The van der Waals surface area contributed by atoms with Crippen LogP contribution in [0.5, 0.6) is 0 Å². The van der Waals surface area contributed by atoms with Crippen molar-refractivity contribution in [1.82, 2.24) is 5.32 Å². The second kappa shape index (κ2) is 7.06. The zero-order valence-corrected chi connectivity index (χ0v) is 13.4. The van der Waals surface area contributed by atoms with Crippen LogP contribution in [0.3, 0.4) is 0 Å². The fraction of sp³-hybridized carbons (Fsp3) is 0.0556. The highest BCUT2D eigenvalue weighted by Crippen LogP contribution is 2.31. The SMILES string of the molecule is NC(=O)c1oc2ccc(F)cc2c1NC(=O)C(=O)NCc1ccccc1. The van der Waals surface area contributed by atoms with Gasteiger partial charge in [0, 0.05) is 11.9 Å². The highest BCUT2D eigenvalue weighted by Gasteiger charge is 2.23. The van der Waals surface area contributed by atoms with E-state index in [1.165, 1.54) is 6.07 Å². The summed E-state index contributed by atoms with van der Waals surface area (Å²) in [5.74, 6) is -3.87. The first kappa shape index (κ1) is 17.2. The van der Waals surface area contributed by atoms with Crippen LogP contribution in [0.25, 0.3) is 11.0 Å². The molecule has 3 aromatic rings. The molecule has 1 heterocycles. The lowest BCUT2D eigenvalue weighted by Crippen LogP contribution is -2.35. The van der Waals surface area contributed by atoms with Gasteiger partial charge in [-0.1, -0.05) is 30.3 Å². The molecule has 0 bridgehead atoms. The van der Waals surface area contributed by atoms with E-state index in [-0.39, 0.29) is 29.0 Å². The summed E-state index contributed by atoms with van der Waals surface area (Å²) in [5, 5.41) is 4.84. The molecule has 8 heteroatoms. The maximum absolute atomic E-state index is 13.5. The summed E-state index contributed by atoms with van der Waals surface area (Å²) in [6.07, 6.45) is 0. The number of halogens is 1. The summed E-state index contributed by atoms with van der Waals surface area (Å²) in [6.45, 7) is 0.149. The summed E-state index contributed by atoms with van der Waals surface area (Å²) >= 11 is 0. The van der Waals surface area contributed by atoms with Crippen molar-refractivity contribution in [2.24, 2.45) is 5.73 Å². The predicted octanol–water partition coefficient (Wildman–Crippen LogP) is 1.93. The van der Waals surface area contributed by atoms with E-state index in [1.54, 1.807) is 24.3 Å². The number of rotatable bonds is 4. The molecule has 0 spiro atoms. The molecule has 3 amide bonds. The zero-order chi connectivity index (χ0) is 18.7. The Bertz CT molecular complexity index is 998. The van der Waals surface area contributed by atoms with Gasteiger partial charge in [-0.3, -0.25) is 14.4 Å². The number of primary amides is 1. The molecule has 0 aliphatic carbocycles. The summed E-state index contributed by atoms with van der Waals surface area (Å²) in [5.41, 5.74) is 6.04. The molecular formula is C18H14FN3O4. The van der Waals surface area contributed by atoms with Crippen molar-refractivity contribution in [1.29, 1.82) is 0 Å². The van der Waals surface area contributed by atoms with Gasteiger partial charge in [-0.25, -0.2) is 4.39 Å². The van der Waals surface area contributed by atoms with E-state index < -0.39 is 23.5 Å². The maximum atomic E-state index is 13.5. The van der Waals surface area contributed by atoms with E-state index >= 15 is 0 Å². The molecule has 0 fully saturated rings. The average molecular weight is 355 g/mol. The maximum Gasteiger partial charge on any atom is 0.313 e. The van der Waals surface area contributed by atoms with E-state index in [1.807, 2.05) is 6.07 Å². The Balaban J connectivity index is 1.80. The molecule has 4 N–H and O–H groups in total. The monoisotopic (exact) mass is 355 g/mol. The van der Waals surface area contributed by atoms with Gasteiger partial charge in [-0.15, -0.1) is 0 Å². The topological polar surface area (TPSA) is 114 Å². The van der Waals surface area contributed by atoms with Crippen molar-refractivity contribution >= 4 is 34.4 Å². The van der Waals surface area contributed by atoms with Crippen molar-refractivity contribution in [2.45, 2.75) is 6.54 Å². The third-order valence-electron chi connectivity index (χ3n) is 3.61. The number of amides is 3. The van der Waals surface area contributed by atoms with Gasteiger partial charge in [0.25, 0.3) is 5.91 Å². The van der Waals surface area contributed by atoms with Crippen molar-refractivity contribution < 1.29 is 23.2 Å². The fourth-order valence-corrected chi connectivity index (χ4v) is 2.40. The summed E-state index contributed by atoms with van der Waals surface area (Å²) in [7, 11) is 0. The van der Waals surface area contributed by atoms with Gasteiger partial charge in [0.2, 0.25) is 5.76 Å². The van der Waals surface area contributed by atoms with Crippen LogP contribution in [0, 0.1) is 5.82 Å². The number of nitrogens with two attached hydrogens (primary N) is 1. The van der Waals surface area contributed by atoms with Crippen LogP contribution in [0.2, 0.25) is 0 Å². The first-order valence-electron chi connectivity index (χ1n) is 7.60. The Morgan fingerprint density at radius 2 is 1.77 bits per heavy atom. The van der Waals surface area contributed by atoms with Gasteiger partial charge >= 0.3 is 11.8 Å². The summed E-state index contributed by atoms with van der Waals surface area (Å²) < 4.78 is 18.7. The molecule has 0 unspecified atom stereocenters. The lowest BCUT2D eigenvalue weighted by atomic mass is 10.2. The number of hydrogen-bond donors (Lipinski definition) is 3. The van der Waals surface area contributed by atoms with E-state index in [2.05, 4.69) is 10.6 Å². The lowest BCUT2D eigenvalue weighted by molar-refractivity contribution is -0.136. The molecule has 1 aromatic heterocycles. The van der Waals surface area contributed by atoms with Gasteiger partial charge < -0.3 is 20.8 Å².